The molecule has 3 heteroatoms. The van der Waals surface area contributed by atoms with E-state index in [0.29, 0.717) is 12.0 Å². The Morgan fingerprint density at radius 3 is 2.55 bits per heavy atom. The van der Waals surface area contributed by atoms with Crippen LogP contribution in [-0.4, -0.2) is 19.6 Å². The van der Waals surface area contributed by atoms with E-state index in [1.54, 1.807) is 0 Å². The average Bonchev–Trinajstić information content (AvgIpc) is 2.39. The van der Waals surface area contributed by atoms with Crippen LogP contribution >= 0.6 is 11.6 Å². The van der Waals surface area contributed by atoms with Crippen molar-refractivity contribution in [3.05, 3.63) is 28.8 Å². The van der Waals surface area contributed by atoms with Gasteiger partial charge in [0, 0.05) is 35.9 Å². The summed E-state index contributed by atoms with van der Waals surface area (Å²) < 4.78 is 0. The Bertz CT molecular complexity index is 404. The van der Waals surface area contributed by atoms with E-state index in [2.05, 4.69) is 51.0 Å². The average molecular weight is 297 g/mol. The fourth-order valence-corrected chi connectivity index (χ4v) is 2.62. The lowest BCUT2D eigenvalue weighted by Gasteiger charge is -2.29. The van der Waals surface area contributed by atoms with Crippen molar-refractivity contribution in [2.75, 3.05) is 18.5 Å². The largest absolute Gasteiger partial charge is 0.372 e. The molecule has 0 aliphatic rings. The smallest absolute Gasteiger partial charge is 0.0471 e. The molecule has 1 unspecified atom stereocenters. The second kappa shape index (κ2) is 8.53. The van der Waals surface area contributed by atoms with Gasteiger partial charge in [-0.1, -0.05) is 44.9 Å². The summed E-state index contributed by atoms with van der Waals surface area (Å²) in [6.07, 6.45) is 2.40. The van der Waals surface area contributed by atoms with Gasteiger partial charge >= 0.3 is 0 Å². The van der Waals surface area contributed by atoms with Crippen LogP contribution in [0.5, 0.6) is 0 Å². The van der Waals surface area contributed by atoms with Crippen LogP contribution in [0, 0.1) is 5.92 Å². The summed E-state index contributed by atoms with van der Waals surface area (Å²) in [5.74, 6) is 0.651. The summed E-state index contributed by atoms with van der Waals surface area (Å²) in [7, 11) is 2.16. The number of nitrogens with one attached hydrogen (secondary N) is 1. The maximum absolute atomic E-state index is 6.40. The van der Waals surface area contributed by atoms with E-state index in [-0.39, 0.29) is 0 Å². The van der Waals surface area contributed by atoms with Gasteiger partial charge in [0.25, 0.3) is 0 Å². The van der Waals surface area contributed by atoms with Crippen molar-refractivity contribution in [2.45, 2.75) is 53.1 Å². The molecule has 0 heterocycles. The zero-order valence-corrected chi connectivity index (χ0v) is 14.3. The van der Waals surface area contributed by atoms with Gasteiger partial charge in [-0.3, -0.25) is 0 Å². The van der Waals surface area contributed by atoms with E-state index in [1.807, 2.05) is 12.1 Å². The van der Waals surface area contributed by atoms with Crippen molar-refractivity contribution in [1.29, 1.82) is 0 Å². The third kappa shape index (κ3) is 4.99. The Kier molecular flexibility index (Phi) is 7.39. The Hall–Kier alpha value is -0.730. The molecule has 1 rings (SSSR count). The zero-order chi connectivity index (χ0) is 15.1. The minimum absolute atomic E-state index is 0.530. The lowest BCUT2D eigenvalue weighted by atomic mass is 10.1. The molecule has 0 fully saturated rings. The summed E-state index contributed by atoms with van der Waals surface area (Å²) in [4.78, 5) is 2.35. The highest BCUT2D eigenvalue weighted by Crippen LogP contribution is 2.28. The van der Waals surface area contributed by atoms with Crippen molar-refractivity contribution in [3.8, 4) is 0 Å². The highest BCUT2D eigenvalue weighted by molar-refractivity contribution is 6.31. The van der Waals surface area contributed by atoms with Gasteiger partial charge in [-0.2, -0.15) is 0 Å². The highest BCUT2D eigenvalue weighted by Gasteiger charge is 2.15. The second-order valence-corrected chi connectivity index (χ2v) is 6.42. The molecule has 1 N–H and O–H groups in total. The molecule has 2 nitrogen and oxygen atoms in total. The summed E-state index contributed by atoms with van der Waals surface area (Å²) in [6, 6.07) is 6.72. The van der Waals surface area contributed by atoms with Crippen molar-refractivity contribution >= 4 is 17.3 Å². The van der Waals surface area contributed by atoms with Gasteiger partial charge < -0.3 is 10.2 Å². The fraction of sp³-hybridized carbons (Fsp3) is 0.647. The standard InChI is InChI=1S/C17H29ClN2/c1-6-8-14(4)20(5)17-10-7-9-16(18)15(17)12-19-11-13(2)3/h7,9-10,13-14,19H,6,8,11-12H2,1-5H3. The molecule has 0 saturated heterocycles. The number of hydrogen-bond donors (Lipinski definition) is 1. The SMILES string of the molecule is CCCC(C)N(C)c1cccc(Cl)c1CNCC(C)C. The molecule has 0 saturated carbocycles. The predicted molar refractivity (Wildman–Crippen MR) is 90.8 cm³/mol. The van der Waals surface area contributed by atoms with Crippen molar-refractivity contribution in [3.63, 3.8) is 0 Å². The first-order valence-electron chi connectivity index (χ1n) is 7.68. The van der Waals surface area contributed by atoms with E-state index < -0.39 is 0 Å². The lowest BCUT2D eigenvalue weighted by molar-refractivity contribution is 0.550. The predicted octanol–water partition coefficient (Wildman–Crippen LogP) is 4.71. The van der Waals surface area contributed by atoms with Gasteiger partial charge in [0.1, 0.15) is 0 Å². The van der Waals surface area contributed by atoms with Gasteiger partial charge in [0.15, 0.2) is 0 Å². The molecule has 114 valence electrons. The Morgan fingerprint density at radius 1 is 1.25 bits per heavy atom. The normalized spacial score (nSPS) is 12.8. The molecule has 1 aromatic rings. The molecule has 0 aromatic heterocycles. The van der Waals surface area contributed by atoms with Crippen LogP contribution in [0.3, 0.4) is 0 Å². The second-order valence-electron chi connectivity index (χ2n) is 6.01. The third-order valence-electron chi connectivity index (χ3n) is 3.70. The van der Waals surface area contributed by atoms with Crippen molar-refractivity contribution < 1.29 is 0 Å². The Balaban J connectivity index is 2.86. The van der Waals surface area contributed by atoms with Crippen LogP contribution in [0.2, 0.25) is 5.02 Å². The quantitative estimate of drug-likeness (QED) is 0.747. The van der Waals surface area contributed by atoms with E-state index in [1.165, 1.54) is 24.1 Å². The molecule has 0 aliphatic heterocycles. The van der Waals surface area contributed by atoms with Gasteiger partial charge in [-0.25, -0.2) is 0 Å². The number of nitrogens with zero attached hydrogens (tertiary/aromatic N) is 1. The van der Waals surface area contributed by atoms with Crippen LogP contribution in [0.1, 0.15) is 46.1 Å². The summed E-state index contributed by atoms with van der Waals surface area (Å²) in [6.45, 7) is 10.8. The third-order valence-corrected chi connectivity index (χ3v) is 4.05. The molecular weight excluding hydrogens is 268 g/mol. The fourth-order valence-electron chi connectivity index (χ4n) is 2.39. The lowest BCUT2D eigenvalue weighted by Crippen LogP contribution is -2.30. The van der Waals surface area contributed by atoms with Crippen LogP contribution in [0.4, 0.5) is 5.69 Å². The number of rotatable bonds is 8. The minimum Gasteiger partial charge on any atom is -0.372 e. The molecule has 0 radical (unpaired) electrons. The first-order valence-corrected chi connectivity index (χ1v) is 8.06. The molecule has 20 heavy (non-hydrogen) atoms. The van der Waals surface area contributed by atoms with Gasteiger partial charge in [0.05, 0.1) is 0 Å². The van der Waals surface area contributed by atoms with Crippen LogP contribution in [0.15, 0.2) is 18.2 Å². The maximum atomic E-state index is 6.40. The summed E-state index contributed by atoms with van der Waals surface area (Å²) >= 11 is 6.40. The molecule has 0 bridgehead atoms. The number of benzene rings is 1. The number of halogens is 1. The molecule has 1 atom stereocenters. The monoisotopic (exact) mass is 296 g/mol. The Morgan fingerprint density at radius 2 is 1.95 bits per heavy atom. The summed E-state index contributed by atoms with van der Waals surface area (Å²) in [5.41, 5.74) is 2.45. The van der Waals surface area contributed by atoms with Crippen LogP contribution < -0.4 is 10.2 Å². The topological polar surface area (TPSA) is 15.3 Å². The van der Waals surface area contributed by atoms with Gasteiger partial charge in [-0.15, -0.1) is 0 Å². The molecule has 0 amide bonds. The van der Waals surface area contributed by atoms with Gasteiger partial charge in [0.2, 0.25) is 0 Å². The first-order chi connectivity index (χ1) is 9.47. The van der Waals surface area contributed by atoms with Gasteiger partial charge in [-0.05, 0) is 37.9 Å². The van der Waals surface area contributed by atoms with Crippen LogP contribution in [0.25, 0.3) is 0 Å². The molecule has 0 spiro atoms. The summed E-state index contributed by atoms with van der Waals surface area (Å²) in [5, 5.41) is 4.35. The number of anilines is 1. The van der Waals surface area contributed by atoms with E-state index in [0.717, 1.165) is 18.1 Å². The zero-order valence-electron chi connectivity index (χ0n) is 13.5. The van der Waals surface area contributed by atoms with E-state index >= 15 is 0 Å². The minimum atomic E-state index is 0.530. The first kappa shape index (κ1) is 17.3. The highest BCUT2D eigenvalue weighted by atomic mass is 35.5. The maximum Gasteiger partial charge on any atom is 0.0471 e. The van der Waals surface area contributed by atoms with E-state index in [9.17, 15) is 0 Å². The molecule has 1 aromatic carbocycles. The van der Waals surface area contributed by atoms with Crippen molar-refractivity contribution in [2.24, 2.45) is 5.92 Å². The van der Waals surface area contributed by atoms with E-state index in [4.69, 9.17) is 11.6 Å². The van der Waals surface area contributed by atoms with Crippen molar-refractivity contribution in [1.82, 2.24) is 5.32 Å². The number of hydrogen-bond acceptors (Lipinski definition) is 2. The Labute approximate surface area is 129 Å². The molecule has 0 aliphatic carbocycles. The van der Waals surface area contributed by atoms with Crippen LogP contribution in [-0.2, 0) is 6.54 Å². The molecular formula is C17H29ClN2.